The van der Waals surface area contributed by atoms with Gasteiger partial charge in [-0.15, -0.1) is 0 Å². The van der Waals surface area contributed by atoms with Crippen LogP contribution in [0.15, 0.2) is 42.5 Å². The first-order valence-electron chi connectivity index (χ1n) is 8.28. The number of hydrogen-bond donors (Lipinski definition) is 1. The van der Waals surface area contributed by atoms with Crippen LogP contribution in [0.5, 0.6) is 11.5 Å². The summed E-state index contributed by atoms with van der Waals surface area (Å²) in [6, 6.07) is 8.02. The number of halogens is 3. The van der Waals surface area contributed by atoms with Crippen molar-refractivity contribution in [1.29, 1.82) is 0 Å². The highest BCUT2D eigenvalue weighted by Crippen LogP contribution is 2.32. The van der Waals surface area contributed by atoms with Crippen molar-refractivity contribution in [3.8, 4) is 11.5 Å². The largest absolute Gasteiger partial charge is 0.456 e. The van der Waals surface area contributed by atoms with Gasteiger partial charge in [0, 0.05) is 11.1 Å². The first kappa shape index (κ1) is 20.2. The summed E-state index contributed by atoms with van der Waals surface area (Å²) in [7, 11) is 0. The minimum absolute atomic E-state index is 0.0535. The highest BCUT2D eigenvalue weighted by atomic mass is 19.4. The highest BCUT2D eigenvalue weighted by Gasteiger charge is 2.30. The molecule has 0 aliphatic carbocycles. The van der Waals surface area contributed by atoms with Crippen LogP contribution in [0.1, 0.15) is 26.3 Å². The number of carbonyl (C=O) groups is 3. The van der Waals surface area contributed by atoms with E-state index in [4.69, 9.17) is 14.2 Å². The molecule has 1 N–H and O–H groups in total. The van der Waals surface area contributed by atoms with Crippen molar-refractivity contribution in [2.45, 2.75) is 6.18 Å². The number of nitrogens with one attached hydrogen (secondary N) is 1. The Balaban J connectivity index is 1.46. The summed E-state index contributed by atoms with van der Waals surface area (Å²) >= 11 is 0. The molecule has 0 fully saturated rings. The molecular formula is C19H14F3NO6. The number of ether oxygens (including phenoxy) is 3. The Kier molecular flexibility index (Phi) is 5.71. The average Bonchev–Trinajstić information content (AvgIpc) is 3.17. The molecule has 0 saturated heterocycles. The Morgan fingerprint density at radius 3 is 2.31 bits per heavy atom. The predicted octanol–water partition coefficient (Wildman–Crippen LogP) is 2.59. The second kappa shape index (κ2) is 8.21. The smallest absolute Gasteiger partial charge is 0.416 e. The molecule has 0 saturated carbocycles. The van der Waals surface area contributed by atoms with Crippen LogP contribution in [-0.2, 0) is 15.7 Å². The maximum atomic E-state index is 12.5. The molecule has 0 radical (unpaired) electrons. The molecule has 10 heteroatoms. The van der Waals surface area contributed by atoms with E-state index in [0.717, 1.165) is 24.3 Å². The van der Waals surface area contributed by atoms with Crippen molar-refractivity contribution < 1.29 is 41.8 Å². The quantitative estimate of drug-likeness (QED) is 0.583. The predicted molar refractivity (Wildman–Crippen MR) is 91.6 cm³/mol. The van der Waals surface area contributed by atoms with Gasteiger partial charge in [0.25, 0.3) is 5.91 Å². The Morgan fingerprint density at radius 1 is 0.966 bits per heavy atom. The van der Waals surface area contributed by atoms with Gasteiger partial charge in [0.05, 0.1) is 5.56 Å². The van der Waals surface area contributed by atoms with Crippen LogP contribution in [0, 0.1) is 0 Å². The summed E-state index contributed by atoms with van der Waals surface area (Å²) in [6.45, 7) is -1.04. The molecular weight excluding hydrogens is 395 g/mol. The molecule has 0 spiro atoms. The van der Waals surface area contributed by atoms with E-state index in [-0.39, 0.29) is 17.9 Å². The molecule has 2 aromatic carbocycles. The number of rotatable bonds is 6. The number of ketones is 1. The minimum atomic E-state index is -4.51. The first-order valence-corrected chi connectivity index (χ1v) is 8.28. The normalized spacial score (nSPS) is 12.4. The zero-order valence-corrected chi connectivity index (χ0v) is 14.7. The lowest BCUT2D eigenvalue weighted by molar-refractivity contribution is -0.141. The monoisotopic (exact) mass is 409 g/mol. The first-order chi connectivity index (χ1) is 13.7. The molecule has 1 heterocycles. The number of carbonyl (C=O) groups excluding carboxylic acids is 3. The van der Waals surface area contributed by atoms with Crippen LogP contribution in [0.3, 0.4) is 0 Å². The van der Waals surface area contributed by atoms with Crippen molar-refractivity contribution >= 4 is 17.7 Å². The van der Waals surface area contributed by atoms with Gasteiger partial charge in [-0.3, -0.25) is 14.4 Å². The third-order valence-corrected chi connectivity index (χ3v) is 3.93. The van der Waals surface area contributed by atoms with E-state index in [1.807, 2.05) is 0 Å². The molecule has 0 aromatic heterocycles. The SMILES string of the molecule is O=C(CNC(=O)c1ccc(C(F)(F)F)cc1)OCC(=O)c1ccc2c(c1)OCO2. The molecule has 0 atom stereocenters. The van der Waals surface area contributed by atoms with Gasteiger partial charge in [-0.1, -0.05) is 0 Å². The lowest BCUT2D eigenvalue weighted by atomic mass is 10.1. The van der Waals surface area contributed by atoms with Crippen LogP contribution in [0.2, 0.25) is 0 Å². The fourth-order valence-electron chi connectivity index (χ4n) is 2.42. The number of benzene rings is 2. The van der Waals surface area contributed by atoms with Crippen LogP contribution >= 0.6 is 0 Å². The van der Waals surface area contributed by atoms with Crippen molar-refractivity contribution in [1.82, 2.24) is 5.32 Å². The van der Waals surface area contributed by atoms with Crippen LogP contribution in [0.4, 0.5) is 13.2 Å². The summed E-state index contributed by atoms with van der Waals surface area (Å²) in [5.74, 6) is -1.20. The van der Waals surface area contributed by atoms with Gasteiger partial charge < -0.3 is 19.5 Å². The lowest BCUT2D eigenvalue weighted by Crippen LogP contribution is -2.31. The number of Topliss-reactive ketones (excluding diaryl/α,β-unsaturated/α-hetero) is 1. The maximum absolute atomic E-state index is 12.5. The van der Waals surface area contributed by atoms with E-state index in [9.17, 15) is 27.6 Å². The molecule has 152 valence electrons. The second-order valence-corrected chi connectivity index (χ2v) is 5.91. The summed E-state index contributed by atoms with van der Waals surface area (Å²) in [5.41, 5.74) is -0.687. The third kappa shape index (κ3) is 5.03. The van der Waals surface area contributed by atoms with Gasteiger partial charge in [-0.05, 0) is 42.5 Å². The Labute approximate surface area is 162 Å². The zero-order valence-electron chi connectivity index (χ0n) is 14.7. The molecule has 0 bridgehead atoms. The van der Waals surface area contributed by atoms with Gasteiger partial charge in [-0.25, -0.2) is 0 Å². The summed E-state index contributed by atoms with van der Waals surface area (Å²) in [6.07, 6.45) is -4.51. The summed E-state index contributed by atoms with van der Waals surface area (Å²) in [5, 5.41) is 2.21. The van der Waals surface area contributed by atoms with Gasteiger partial charge >= 0.3 is 12.1 Å². The van der Waals surface area contributed by atoms with Crippen molar-refractivity contribution in [3.63, 3.8) is 0 Å². The Bertz CT molecular complexity index is 940. The van der Waals surface area contributed by atoms with Crippen molar-refractivity contribution in [2.24, 2.45) is 0 Å². The van der Waals surface area contributed by atoms with Crippen LogP contribution < -0.4 is 14.8 Å². The topological polar surface area (TPSA) is 90.9 Å². The van der Waals surface area contributed by atoms with Gasteiger partial charge in [0.1, 0.15) is 6.54 Å². The standard InChI is InChI=1S/C19H14F3NO6/c20-19(21,22)13-4-1-11(2-5-13)18(26)23-8-17(25)27-9-14(24)12-3-6-15-16(7-12)29-10-28-15/h1-7H,8-10H2,(H,23,26). The maximum Gasteiger partial charge on any atom is 0.416 e. The molecule has 1 aliphatic heterocycles. The van der Waals surface area contributed by atoms with E-state index in [1.54, 1.807) is 6.07 Å². The van der Waals surface area contributed by atoms with Crippen LogP contribution in [-0.4, -0.2) is 37.6 Å². The van der Waals surface area contributed by atoms with Crippen LogP contribution in [0.25, 0.3) is 0 Å². The van der Waals surface area contributed by atoms with E-state index >= 15 is 0 Å². The average molecular weight is 409 g/mol. The molecule has 1 amide bonds. The zero-order chi connectivity index (χ0) is 21.0. The lowest BCUT2D eigenvalue weighted by Gasteiger charge is -2.08. The molecule has 1 aliphatic rings. The van der Waals surface area contributed by atoms with Gasteiger partial charge in [0.15, 0.2) is 23.9 Å². The minimum Gasteiger partial charge on any atom is -0.456 e. The number of amides is 1. The molecule has 2 aromatic rings. The summed E-state index contributed by atoms with van der Waals surface area (Å²) < 4.78 is 52.6. The van der Waals surface area contributed by atoms with E-state index in [2.05, 4.69) is 5.32 Å². The number of fused-ring (bicyclic) bond motifs is 1. The molecule has 3 rings (SSSR count). The molecule has 7 nitrogen and oxygen atoms in total. The second-order valence-electron chi connectivity index (χ2n) is 5.91. The Hall–Kier alpha value is -3.56. The van der Waals surface area contributed by atoms with Gasteiger partial charge in [0.2, 0.25) is 6.79 Å². The number of esters is 1. The number of hydrogen-bond acceptors (Lipinski definition) is 6. The fourth-order valence-corrected chi connectivity index (χ4v) is 2.42. The molecule has 0 unspecified atom stereocenters. The number of alkyl halides is 3. The van der Waals surface area contributed by atoms with E-state index in [0.29, 0.717) is 11.5 Å². The Morgan fingerprint density at radius 2 is 1.62 bits per heavy atom. The van der Waals surface area contributed by atoms with Crippen molar-refractivity contribution in [2.75, 3.05) is 19.9 Å². The van der Waals surface area contributed by atoms with E-state index in [1.165, 1.54) is 12.1 Å². The fraction of sp³-hybridized carbons (Fsp3) is 0.211. The van der Waals surface area contributed by atoms with Crippen molar-refractivity contribution in [3.05, 3.63) is 59.2 Å². The molecule has 29 heavy (non-hydrogen) atoms. The van der Waals surface area contributed by atoms with Gasteiger partial charge in [-0.2, -0.15) is 13.2 Å². The van der Waals surface area contributed by atoms with E-state index < -0.39 is 42.6 Å². The summed E-state index contributed by atoms with van der Waals surface area (Å²) in [4.78, 5) is 35.7. The highest BCUT2D eigenvalue weighted by molar-refractivity contribution is 5.99. The third-order valence-electron chi connectivity index (χ3n) is 3.93.